The highest BCUT2D eigenvalue weighted by Crippen LogP contribution is 2.37. The standard InChI is InChI=1S/C24H29ClN2O3S/c1-5-26-16-22(21-14-18(25)6-11-23(21)26)17-12-13-27(15-17)31(28,29)20-9-7-19(8-10-20)30-24(2,3)4/h6-11,14,16-17H,5,12-13,15H2,1-4H3. The third-order valence-corrected chi connectivity index (χ3v) is 7.81. The number of hydrogen-bond donors (Lipinski definition) is 0. The van der Waals surface area contributed by atoms with Gasteiger partial charge in [-0.25, -0.2) is 8.42 Å². The third kappa shape index (κ3) is 4.47. The van der Waals surface area contributed by atoms with Gasteiger partial charge in [-0.2, -0.15) is 4.31 Å². The van der Waals surface area contributed by atoms with Crippen LogP contribution in [-0.4, -0.2) is 36.0 Å². The van der Waals surface area contributed by atoms with Gasteiger partial charge in [0, 0.05) is 47.7 Å². The minimum atomic E-state index is -3.56. The van der Waals surface area contributed by atoms with Crippen LogP contribution in [0.15, 0.2) is 53.6 Å². The van der Waals surface area contributed by atoms with Crippen LogP contribution < -0.4 is 4.74 Å². The van der Waals surface area contributed by atoms with E-state index in [1.165, 1.54) is 5.56 Å². The van der Waals surface area contributed by atoms with Gasteiger partial charge in [0.25, 0.3) is 0 Å². The Balaban J connectivity index is 1.57. The van der Waals surface area contributed by atoms with Crippen molar-refractivity contribution in [3.8, 4) is 5.75 Å². The van der Waals surface area contributed by atoms with Crippen LogP contribution in [0, 0.1) is 0 Å². The summed E-state index contributed by atoms with van der Waals surface area (Å²) in [5.41, 5.74) is 1.98. The first-order valence-corrected chi connectivity index (χ1v) is 12.5. The molecule has 1 aliphatic rings. The number of nitrogens with zero attached hydrogens (tertiary/aromatic N) is 2. The van der Waals surface area contributed by atoms with Crippen LogP contribution in [0.25, 0.3) is 10.9 Å². The number of halogens is 1. The van der Waals surface area contributed by atoms with Crippen molar-refractivity contribution >= 4 is 32.5 Å². The molecule has 166 valence electrons. The number of hydrogen-bond acceptors (Lipinski definition) is 3. The van der Waals surface area contributed by atoms with Crippen LogP contribution in [0.5, 0.6) is 5.75 Å². The summed E-state index contributed by atoms with van der Waals surface area (Å²) in [5, 5.41) is 1.81. The molecular formula is C24H29ClN2O3S. The zero-order valence-corrected chi connectivity index (χ0v) is 20.0. The van der Waals surface area contributed by atoms with E-state index in [0.717, 1.165) is 23.9 Å². The Bertz CT molecular complexity index is 1190. The fraction of sp³-hybridized carbons (Fsp3) is 0.417. The Kier molecular flexibility index (Phi) is 5.83. The Morgan fingerprint density at radius 2 is 1.84 bits per heavy atom. The Morgan fingerprint density at radius 1 is 1.13 bits per heavy atom. The van der Waals surface area contributed by atoms with Crippen LogP contribution in [-0.2, 0) is 16.6 Å². The summed E-state index contributed by atoms with van der Waals surface area (Å²) in [6.07, 6.45) is 2.94. The highest BCUT2D eigenvalue weighted by Gasteiger charge is 2.34. The largest absolute Gasteiger partial charge is 0.488 e. The molecule has 0 saturated carbocycles. The molecule has 0 N–H and O–H groups in total. The predicted molar refractivity (Wildman–Crippen MR) is 126 cm³/mol. The molecule has 2 aromatic carbocycles. The maximum absolute atomic E-state index is 13.2. The number of aryl methyl sites for hydroxylation is 1. The van der Waals surface area contributed by atoms with Gasteiger partial charge in [-0.1, -0.05) is 11.6 Å². The van der Waals surface area contributed by atoms with E-state index in [2.05, 4.69) is 17.7 Å². The van der Waals surface area contributed by atoms with E-state index in [4.69, 9.17) is 16.3 Å². The lowest BCUT2D eigenvalue weighted by Gasteiger charge is -2.22. The minimum Gasteiger partial charge on any atom is -0.488 e. The molecule has 0 amide bonds. The summed E-state index contributed by atoms with van der Waals surface area (Å²) in [4.78, 5) is 0.299. The fourth-order valence-electron chi connectivity index (χ4n) is 4.27. The summed E-state index contributed by atoms with van der Waals surface area (Å²) in [6.45, 7) is 9.83. The lowest BCUT2D eigenvalue weighted by Crippen LogP contribution is -2.28. The number of fused-ring (bicyclic) bond motifs is 1. The molecule has 0 bridgehead atoms. The molecule has 4 rings (SSSR count). The molecule has 2 heterocycles. The van der Waals surface area contributed by atoms with Crippen LogP contribution in [0.4, 0.5) is 0 Å². The summed E-state index contributed by atoms with van der Waals surface area (Å²) in [6, 6.07) is 12.6. The van der Waals surface area contributed by atoms with Gasteiger partial charge in [0.1, 0.15) is 11.4 Å². The number of sulfonamides is 1. The molecule has 31 heavy (non-hydrogen) atoms. The van der Waals surface area contributed by atoms with Crippen molar-refractivity contribution in [1.29, 1.82) is 0 Å². The normalized spacial score (nSPS) is 18.0. The average Bonchev–Trinajstić information content (AvgIpc) is 3.32. The predicted octanol–water partition coefficient (Wildman–Crippen LogP) is 5.67. The van der Waals surface area contributed by atoms with E-state index in [-0.39, 0.29) is 11.5 Å². The van der Waals surface area contributed by atoms with E-state index in [9.17, 15) is 8.42 Å². The van der Waals surface area contributed by atoms with Crippen molar-refractivity contribution in [2.24, 2.45) is 0 Å². The van der Waals surface area contributed by atoms with Gasteiger partial charge < -0.3 is 9.30 Å². The molecule has 1 aromatic heterocycles. The first-order valence-electron chi connectivity index (χ1n) is 10.7. The van der Waals surface area contributed by atoms with Gasteiger partial charge in [0.05, 0.1) is 4.90 Å². The summed E-state index contributed by atoms with van der Waals surface area (Å²) in [5.74, 6) is 0.807. The number of aromatic nitrogens is 1. The molecule has 1 unspecified atom stereocenters. The molecule has 5 nitrogen and oxygen atoms in total. The van der Waals surface area contributed by atoms with Crippen LogP contribution >= 0.6 is 11.6 Å². The SMILES string of the molecule is CCn1cc(C2CCN(S(=O)(=O)c3ccc(OC(C)(C)C)cc3)C2)c2cc(Cl)ccc21. The van der Waals surface area contributed by atoms with Gasteiger partial charge in [0.15, 0.2) is 0 Å². The molecule has 0 radical (unpaired) electrons. The minimum absolute atomic E-state index is 0.145. The Hall–Kier alpha value is -2.02. The molecule has 0 spiro atoms. The number of rotatable bonds is 5. The molecule has 1 saturated heterocycles. The highest BCUT2D eigenvalue weighted by molar-refractivity contribution is 7.89. The van der Waals surface area contributed by atoms with Crippen molar-refractivity contribution in [2.45, 2.75) is 57.1 Å². The quantitative estimate of drug-likeness (QED) is 0.492. The van der Waals surface area contributed by atoms with Gasteiger partial charge >= 0.3 is 0 Å². The zero-order valence-electron chi connectivity index (χ0n) is 18.4. The zero-order chi connectivity index (χ0) is 22.4. The van der Waals surface area contributed by atoms with Crippen molar-refractivity contribution in [3.05, 3.63) is 59.2 Å². The van der Waals surface area contributed by atoms with Crippen LogP contribution in [0.1, 0.15) is 45.6 Å². The molecule has 3 aromatic rings. The summed E-state index contributed by atoms with van der Waals surface area (Å²) < 4.78 is 36.1. The molecule has 7 heteroatoms. The van der Waals surface area contributed by atoms with Crippen molar-refractivity contribution in [1.82, 2.24) is 8.87 Å². The maximum atomic E-state index is 13.2. The first kappa shape index (κ1) is 22.2. The lowest BCUT2D eigenvalue weighted by atomic mass is 9.98. The highest BCUT2D eigenvalue weighted by atomic mass is 35.5. The second-order valence-electron chi connectivity index (χ2n) is 9.07. The van der Waals surface area contributed by atoms with Gasteiger partial charge in [-0.3, -0.25) is 0 Å². The molecular weight excluding hydrogens is 432 g/mol. The van der Waals surface area contributed by atoms with E-state index in [0.29, 0.717) is 28.8 Å². The molecule has 1 atom stereocenters. The Labute approximate surface area is 189 Å². The van der Waals surface area contributed by atoms with Crippen LogP contribution in [0.3, 0.4) is 0 Å². The van der Waals surface area contributed by atoms with E-state index >= 15 is 0 Å². The smallest absolute Gasteiger partial charge is 0.243 e. The first-order chi connectivity index (χ1) is 14.6. The third-order valence-electron chi connectivity index (χ3n) is 5.69. The van der Waals surface area contributed by atoms with Gasteiger partial charge in [-0.15, -0.1) is 0 Å². The summed E-state index contributed by atoms with van der Waals surface area (Å²) in [7, 11) is -3.56. The van der Waals surface area contributed by atoms with E-state index < -0.39 is 10.0 Å². The monoisotopic (exact) mass is 460 g/mol. The number of ether oxygens (including phenoxy) is 1. The Morgan fingerprint density at radius 3 is 2.48 bits per heavy atom. The summed E-state index contributed by atoms with van der Waals surface area (Å²) >= 11 is 6.26. The van der Waals surface area contributed by atoms with E-state index in [1.807, 2.05) is 39.0 Å². The lowest BCUT2D eigenvalue weighted by molar-refractivity contribution is 0.131. The van der Waals surface area contributed by atoms with Crippen molar-refractivity contribution < 1.29 is 13.2 Å². The fourth-order valence-corrected chi connectivity index (χ4v) is 5.94. The van der Waals surface area contributed by atoms with Gasteiger partial charge in [-0.05, 0) is 82.1 Å². The maximum Gasteiger partial charge on any atom is 0.243 e. The van der Waals surface area contributed by atoms with E-state index in [1.54, 1.807) is 28.6 Å². The van der Waals surface area contributed by atoms with Crippen LogP contribution in [0.2, 0.25) is 5.02 Å². The van der Waals surface area contributed by atoms with Crippen molar-refractivity contribution in [3.63, 3.8) is 0 Å². The second-order valence-corrected chi connectivity index (χ2v) is 11.4. The molecule has 0 aliphatic carbocycles. The van der Waals surface area contributed by atoms with Crippen molar-refractivity contribution in [2.75, 3.05) is 13.1 Å². The number of benzene rings is 2. The van der Waals surface area contributed by atoms with Gasteiger partial charge in [0.2, 0.25) is 10.0 Å². The topological polar surface area (TPSA) is 51.5 Å². The molecule has 1 fully saturated rings. The average molecular weight is 461 g/mol. The second kappa shape index (κ2) is 8.15. The molecule has 1 aliphatic heterocycles.